The highest BCUT2D eigenvalue weighted by molar-refractivity contribution is 6.07. The monoisotopic (exact) mass is 430 g/mol. The van der Waals surface area contributed by atoms with Crippen molar-refractivity contribution in [3.05, 3.63) is 46.8 Å². The Labute approximate surface area is 182 Å². The van der Waals surface area contributed by atoms with Crippen molar-refractivity contribution in [3.63, 3.8) is 0 Å². The topological polar surface area (TPSA) is 94.5 Å². The van der Waals surface area contributed by atoms with E-state index in [1.54, 1.807) is 71.0 Å². The van der Waals surface area contributed by atoms with Crippen LogP contribution in [0.3, 0.4) is 0 Å². The molecule has 0 fully saturated rings. The zero-order chi connectivity index (χ0) is 23.1. The molecule has 0 N–H and O–H groups in total. The molecule has 8 heteroatoms. The van der Waals surface area contributed by atoms with Gasteiger partial charge in [0.25, 0.3) is 0 Å². The van der Waals surface area contributed by atoms with Gasteiger partial charge >= 0.3 is 17.9 Å². The lowest BCUT2D eigenvalue weighted by atomic mass is 9.76. The van der Waals surface area contributed by atoms with Crippen molar-refractivity contribution in [2.75, 3.05) is 33.9 Å². The zero-order valence-corrected chi connectivity index (χ0v) is 18.9. The van der Waals surface area contributed by atoms with Gasteiger partial charge in [0.1, 0.15) is 11.7 Å². The summed E-state index contributed by atoms with van der Waals surface area (Å²) in [5.41, 5.74) is 1.69. The Balaban J connectivity index is 2.74. The van der Waals surface area contributed by atoms with E-state index in [1.165, 1.54) is 0 Å². The van der Waals surface area contributed by atoms with Gasteiger partial charge in [-0.1, -0.05) is 12.1 Å². The summed E-state index contributed by atoms with van der Waals surface area (Å²) in [6.45, 7) is 7.49. The van der Waals surface area contributed by atoms with E-state index in [-0.39, 0.29) is 25.4 Å². The molecule has 0 saturated carbocycles. The van der Waals surface area contributed by atoms with Crippen LogP contribution in [-0.4, -0.2) is 62.4 Å². The van der Waals surface area contributed by atoms with Gasteiger partial charge in [-0.25, -0.2) is 14.6 Å². The first-order valence-corrected chi connectivity index (χ1v) is 10.3. The van der Waals surface area contributed by atoms with Crippen LogP contribution in [0, 0.1) is 5.92 Å². The Kier molecular flexibility index (Phi) is 8.36. The highest BCUT2D eigenvalue weighted by Gasteiger charge is 2.44. The zero-order valence-electron chi connectivity index (χ0n) is 18.9. The summed E-state index contributed by atoms with van der Waals surface area (Å²) in [5.74, 6) is -2.70. The molecule has 168 valence electrons. The summed E-state index contributed by atoms with van der Waals surface area (Å²) in [6.07, 6.45) is 0. The highest BCUT2D eigenvalue weighted by atomic mass is 16.5. The maximum atomic E-state index is 13.0. The van der Waals surface area contributed by atoms with Gasteiger partial charge < -0.3 is 19.1 Å². The van der Waals surface area contributed by atoms with Gasteiger partial charge in [0, 0.05) is 25.7 Å². The van der Waals surface area contributed by atoms with Crippen molar-refractivity contribution in [1.82, 2.24) is 4.90 Å². The Morgan fingerprint density at radius 3 is 2.16 bits per heavy atom. The molecular weight excluding hydrogens is 400 g/mol. The lowest BCUT2D eigenvalue weighted by molar-refractivity contribution is -0.146. The van der Waals surface area contributed by atoms with Crippen molar-refractivity contribution >= 4 is 23.6 Å². The molecule has 0 amide bonds. The molecule has 2 rings (SSSR count). The lowest BCUT2D eigenvalue weighted by Gasteiger charge is -2.34. The molecule has 31 heavy (non-hydrogen) atoms. The first kappa shape index (κ1) is 24.1. The number of carbonyl (C=O) groups is 3. The number of esters is 3. The third kappa shape index (κ3) is 5.31. The van der Waals surface area contributed by atoms with E-state index >= 15 is 0 Å². The average Bonchev–Trinajstić information content (AvgIpc) is 2.73. The van der Waals surface area contributed by atoms with Crippen LogP contribution in [0.2, 0.25) is 0 Å². The molecule has 0 saturated heterocycles. The second-order valence-corrected chi connectivity index (χ2v) is 7.16. The molecule has 0 aliphatic carbocycles. The lowest BCUT2D eigenvalue weighted by Crippen LogP contribution is -2.38. The largest absolute Gasteiger partial charge is 0.465 e. The van der Waals surface area contributed by atoms with Crippen LogP contribution in [0.4, 0.5) is 0 Å². The molecule has 1 heterocycles. The van der Waals surface area contributed by atoms with Crippen molar-refractivity contribution in [2.24, 2.45) is 10.9 Å². The minimum Gasteiger partial charge on any atom is -0.465 e. The number of rotatable bonds is 8. The van der Waals surface area contributed by atoms with Gasteiger partial charge in [-0.3, -0.25) is 4.79 Å². The minimum atomic E-state index is -0.833. The standard InChI is InChI=1S/C23H30N2O6/c1-7-29-21(26)16-12-10-11-15(13-16)18-17(22(27)30-8-2)14(4)24-20(25(5)6)19(18)23(28)31-9-3/h10-13,17-18H,7-9H2,1-6H3. The van der Waals surface area contributed by atoms with Crippen LogP contribution in [-0.2, 0) is 23.8 Å². The molecule has 1 aromatic carbocycles. The fourth-order valence-electron chi connectivity index (χ4n) is 3.58. The minimum absolute atomic E-state index is 0.172. The molecule has 1 aliphatic rings. The van der Waals surface area contributed by atoms with Crippen molar-refractivity contribution < 1.29 is 28.6 Å². The molecular formula is C23H30N2O6. The molecule has 0 aromatic heterocycles. The van der Waals surface area contributed by atoms with Crippen LogP contribution in [0.25, 0.3) is 0 Å². The Hall–Kier alpha value is -3.16. The molecule has 0 spiro atoms. The Morgan fingerprint density at radius 2 is 1.58 bits per heavy atom. The molecule has 8 nitrogen and oxygen atoms in total. The maximum Gasteiger partial charge on any atom is 0.338 e. The van der Waals surface area contributed by atoms with Gasteiger partial charge in [0.05, 0.1) is 31.0 Å². The van der Waals surface area contributed by atoms with Gasteiger partial charge in [-0.05, 0) is 45.4 Å². The number of nitrogens with zero attached hydrogens (tertiary/aromatic N) is 2. The summed E-state index contributed by atoms with van der Waals surface area (Å²) in [7, 11) is 3.53. The second-order valence-electron chi connectivity index (χ2n) is 7.16. The molecule has 0 radical (unpaired) electrons. The molecule has 0 bridgehead atoms. The quantitative estimate of drug-likeness (QED) is 0.462. The van der Waals surface area contributed by atoms with E-state index in [1.807, 2.05) is 0 Å². The summed E-state index contributed by atoms with van der Waals surface area (Å²) < 4.78 is 15.7. The van der Waals surface area contributed by atoms with Gasteiger partial charge in [0.15, 0.2) is 0 Å². The fraction of sp³-hybridized carbons (Fsp3) is 0.478. The van der Waals surface area contributed by atoms with Crippen LogP contribution < -0.4 is 0 Å². The average molecular weight is 431 g/mol. The van der Waals surface area contributed by atoms with Crippen molar-refractivity contribution in [2.45, 2.75) is 33.6 Å². The van der Waals surface area contributed by atoms with E-state index < -0.39 is 29.7 Å². The van der Waals surface area contributed by atoms with E-state index in [4.69, 9.17) is 14.2 Å². The van der Waals surface area contributed by atoms with Crippen molar-refractivity contribution in [3.8, 4) is 0 Å². The Bertz CT molecular complexity index is 903. The van der Waals surface area contributed by atoms with Crippen molar-refractivity contribution in [1.29, 1.82) is 0 Å². The molecule has 1 aliphatic heterocycles. The van der Waals surface area contributed by atoms with E-state index in [0.29, 0.717) is 22.7 Å². The van der Waals surface area contributed by atoms with Gasteiger partial charge in [-0.15, -0.1) is 0 Å². The predicted octanol–water partition coefficient (Wildman–Crippen LogP) is 2.94. The first-order chi connectivity index (χ1) is 14.8. The summed E-state index contributed by atoms with van der Waals surface area (Å²) in [4.78, 5) is 44.5. The maximum absolute atomic E-state index is 13.0. The number of ether oxygens (including phenoxy) is 3. The first-order valence-electron chi connectivity index (χ1n) is 10.3. The van der Waals surface area contributed by atoms with Gasteiger partial charge in [-0.2, -0.15) is 0 Å². The second kappa shape index (κ2) is 10.7. The number of hydrogen-bond donors (Lipinski definition) is 0. The molecule has 2 atom stereocenters. The van der Waals surface area contributed by atoms with Crippen LogP contribution in [0.5, 0.6) is 0 Å². The number of benzene rings is 1. The van der Waals surface area contributed by atoms with Crippen LogP contribution in [0.15, 0.2) is 40.7 Å². The van der Waals surface area contributed by atoms with E-state index in [0.717, 1.165) is 0 Å². The van der Waals surface area contributed by atoms with Crippen LogP contribution in [0.1, 0.15) is 49.5 Å². The van der Waals surface area contributed by atoms with Crippen LogP contribution >= 0.6 is 0 Å². The van der Waals surface area contributed by atoms with E-state index in [9.17, 15) is 14.4 Å². The van der Waals surface area contributed by atoms with E-state index in [2.05, 4.69) is 4.99 Å². The third-order valence-electron chi connectivity index (χ3n) is 4.83. The predicted molar refractivity (Wildman–Crippen MR) is 116 cm³/mol. The number of hydrogen-bond acceptors (Lipinski definition) is 8. The Morgan fingerprint density at radius 1 is 0.968 bits per heavy atom. The SMILES string of the molecule is CCOC(=O)C1=C(N(C)C)N=C(C)C(C(=O)OCC)C1c1cccc(C(=O)OCC)c1. The smallest absolute Gasteiger partial charge is 0.338 e. The number of aliphatic imine (C=N–C) groups is 1. The van der Waals surface area contributed by atoms with Gasteiger partial charge in [0.2, 0.25) is 0 Å². The summed E-state index contributed by atoms with van der Waals surface area (Å²) in [5, 5.41) is 0. The highest BCUT2D eigenvalue weighted by Crippen LogP contribution is 2.41. The third-order valence-corrected chi connectivity index (χ3v) is 4.83. The fourth-order valence-corrected chi connectivity index (χ4v) is 3.58. The summed E-state index contributed by atoms with van der Waals surface area (Å²) in [6, 6.07) is 6.74. The normalized spacial score (nSPS) is 18.2. The number of carbonyl (C=O) groups excluding carboxylic acids is 3. The molecule has 1 aromatic rings. The summed E-state index contributed by atoms with van der Waals surface area (Å²) >= 11 is 0. The molecule has 2 unspecified atom stereocenters.